The highest BCUT2D eigenvalue weighted by molar-refractivity contribution is 7.98. The van der Waals surface area contributed by atoms with Crippen LogP contribution in [-0.2, 0) is 102 Å². The zero-order valence-corrected chi connectivity index (χ0v) is 60.5. The summed E-state index contributed by atoms with van der Waals surface area (Å²) in [7, 11) is 1.39. The highest BCUT2D eigenvalue weighted by Crippen LogP contribution is 2.19. The number of carboxylic acids is 5. The number of hydrogen-bond acceptors (Lipinski definition) is 23. The van der Waals surface area contributed by atoms with Gasteiger partial charge in [-0.15, -0.1) is 0 Å². The molecule has 0 aromatic heterocycles. The van der Waals surface area contributed by atoms with Crippen molar-refractivity contribution in [1.82, 2.24) is 68.7 Å². The van der Waals surface area contributed by atoms with Gasteiger partial charge in [0.25, 0.3) is 0 Å². The molecule has 1 saturated heterocycles. The van der Waals surface area contributed by atoms with Gasteiger partial charge >= 0.3 is 29.8 Å². The fourth-order valence-electron chi connectivity index (χ4n) is 10.3. The van der Waals surface area contributed by atoms with Crippen molar-refractivity contribution in [3.05, 3.63) is 35.4 Å². The van der Waals surface area contributed by atoms with E-state index < -0.39 is 251 Å². The Kier molecular flexibility index (Phi) is 42.0. The number of nitrogens with two attached hydrogens (primary N) is 1. The number of Topliss-reactive ketones (excluding diaryl/α,β-unsaturated/α-hetero) is 1. The quantitative estimate of drug-likeness (QED) is 0.0214. The maximum absolute atomic E-state index is 14.3. The van der Waals surface area contributed by atoms with Crippen molar-refractivity contribution < 1.29 is 126 Å². The third-order valence-corrected chi connectivity index (χ3v) is 16.4. The first kappa shape index (κ1) is 91.7. The van der Waals surface area contributed by atoms with Crippen LogP contribution in [0.5, 0.6) is 0 Å². The Bertz CT molecular complexity index is 3270. The van der Waals surface area contributed by atoms with Crippen LogP contribution in [0.2, 0.25) is 0 Å². The lowest BCUT2D eigenvalue weighted by Crippen LogP contribution is -2.60. The Morgan fingerprint density at radius 2 is 0.934 bits per heavy atom. The van der Waals surface area contributed by atoms with Gasteiger partial charge < -0.3 is 109 Å². The molecule has 1 heterocycles. The first-order valence-electron chi connectivity index (χ1n) is 33.8. The second-order valence-corrected chi connectivity index (χ2v) is 25.7. The van der Waals surface area contributed by atoms with E-state index in [-0.39, 0.29) is 75.1 Å². The predicted octanol–water partition coefficient (Wildman–Crippen LogP) is -5.49. The number of amides is 13. The smallest absolute Gasteiger partial charge is 0.303 e. The number of likely N-dealkylation sites (N-methyl/N-ethyl adjacent to an activating group) is 1. The van der Waals surface area contributed by atoms with E-state index in [1.165, 1.54) is 61.8 Å². The average Bonchev–Trinajstić information content (AvgIpc) is 1.64. The first-order valence-corrected chi connectivity index (χ1v) is 35.2. The molecule has 1 aliphatic rings. The van der Waals surface area contributed by atoms with E-state index in [9.17, 15) is 117 Å². The van der Waals surface area contributed by atoms with Crippen molar-refractivity contribution in [1.29, 1.82) is 0 Å². The summed E-state index contributed by atoms with van der Waals surface area (Å²) >= 11 is 1.24. The molecule has 13 amide bonds. The SMILES string of the molecule is CNC(=O)[C@H](C)NC(=O)[C@H](CSC)NC(=O)CNC(=O)[C@H](CC(C)C)NC(=O)[C@@H]1CCCN1C(=O)COCCNC(=O)[C@H](Cc1ccc(C(C)=O)cc1)NC(=O)[C@@H](CCC(=O)O)NC(=O)[C@@H](CCC(=O)O)NC(=O)[C@@H](CCC(=O)O)NC(=O)[C@@H](CCC(=O)O)NC(=O)[C@@H](CCC(=O)O)NC(=O)COCCN. The van der Waals surface area contributed by atoms with Gasteiger partial charge in [-0.1, -0.05) is 38.1 Å². The number of likely N-dealkylation sites (tertiary alicyclic amines) is 1. The van der Waals surface area contributed by atoms with Gasteiger partial charge in [-0.3, -0.25) is 91.1 Å². The number of carboxylic acid groups (broad SMARTS) is 5. The number of hydrogen-bond donors (Lipinski definition) is 18. The molecule has 40 nitrogen and oxygen atoms in total. The van der Waals surface area contributed by atoms with E-state index in [0.29, 0.717) is 12.0 Å². The average molecular weight is 1520 g/mol. The Morgan fingerprint density at radius 1 is 0.509 bits per heavy atom. The largest absolute Gasteiger partial charge is 0.481 e. The van der Waals surface area contributed by atoms with E-state index >= 15 is 0 Å². The summed E-state index contributed by atoms with van der Waals surface area (Å²) < 4.78 is 10.6. The molecule has 0 bridgehead atoms. The molecule has 1 aromatic carbocycles. The molecule has 1 fully saturated rings. The van der Waals surface area contributed by atoms with Crippen LogP contribution in [-0.4, -0.2) is 275 Å². The molecule has 590 valence electrons. The maximum Gasteiger partial charge on any atom is 0.303 e. The molecule has 106 heavy (non-hydrogen) atoms. The van der Waals surface area contributed by atoms with Crippen molar-refractivity contribution in [3.8, 4) is 0 Å². The van der Waals surface area contributed by atoms with Crippen molar-refractivity contribution in [3.63, 3.8) is 0 Å². The van der Waals surface area contributed by atoms with E-state index in [2.05, 4.69) is 63.8 Å². The van der Waals surface area contributed by atoms with Gasteiger partial charge in [0.15, 0.2) is 5.78 Å². The van der Waals surface area contributed by atoms with Gasteiger partial charge in [-0.2, -0.15) is 11.8 Å². The monoisotopic (exact) mass is 1520 g/mol. The number of benzene rings is 1. The van der Waals surface area contributed by atoms with Gasteiger partial charge in [0.2, 0.25) is 76.8 Å². The summed E-state index contributed by atoms with van der Waals surface area (Å²) in [6.45, 7) is 3.83. The number of thioether (sulfide) groups is 1. The highest BCUT2D eigenvalue weighted by atomic mass is 32.2. The number of ether oxygens (including phenoxy) is 2. The number of carbonyl (C=O) groups excluding carboxylic acids is 14. The lowest BCUT2D eigenvalue weighted by Gasteiger charge is -2.27. The van der Waals surface area contributed by atoms with Gasteiger partial charge in [-0.25, -0.2) is 0 Å². The van der Waals surface area contributed by atoms with Gasteiger partial charge in [0.1, 0.15) is 73.6 Å². The summed E-state index contributed by atoms with van der Waals surface area (Å²) in [5, 5.41) is 76.4. The molecular weight excluding hydrogens is 1420 g/mol. The fourth-order valence-corrected chi connectivity index (χ4v) is 10.8. The topological polar surface area (TPSA) is 618 Å². The zero-order valence-electron chi connectivity index (χ0n) is 59.7. The van der Waals surface area contributed by atoms with Crippen LogP contribution in [0.15, 0.2) is 24.3 Å². The van der Waals surface area contributed by atoms with Crippen molar-refractivity contribution in [2.75, 3.05) is 71.7 Å². The highest BCUT2D eigenvalue weighted by Gasteiger charge is 2.38. The lowest BCUT2D eigenvalue weighted by atomic mass is 10.0. The molecule has 2 rings (SSSR count). The van der Waals surface area contributed by atoms with Crippen molar-refractivity contribution in [2.45, 2.75) is 178 Å². The molecule has 1 aromatic rings. The predicted molar refractivity (Wildman–Crippen MR) is 371 cm³/mol. The summed E-state index contributed by atoms with van der Waals surface area (Å²) in [5.41, 5.74) is 5.98. The Morgan fingerprint density at radius 3 is 1.36 bits per heavy atom. The number of ketones is 1. The summed E-state index contributed by atoms with van der Waals surface area (Å²) in [5.74, 6) is -20.1. The molecule has 0 aliphatic carbocycles. The maximum atomic E-state index is 14.3. The van der Waals surface area contributed by atoms with Crippen LogP contribution >= 0.6 is 11.8 Å². The Labute approximate surface area is 613 Å². The molecule has 19 N–H and O–H groups in total. The number of aliphatic carboxylic acids is 5. The van der Waals surface area contributed by atoms with Crippen LogP contribution in [0.1, 0.15) is 127 Å². The fraction of sp³-hybridized carbons (Fsp3) is 0.615. The molecule has 0 radical (unpaired) electrons. The minimum Gasteiger partial charge on any atom is -0.481 e. The summed E-state index contributed by atoms with van der Waals surface area (Å²) in [6, 6.07) is -9.50. The first-order chi connectivity index (χ1) is 50.0. The standard InChI is InChI=1S/C65H98N14O26S/c1-34(2)28-44(58(96)69-30-48(81)72-46(33-106-6)64(102)70-35(3)56(94)67-5)78-65(103)47-8-7-25-79(47)50(83)32-105-27-24-68-57(95)45(29-37-9-11-38(12-10-37)36(4)80)77-63(101)43(17-22-55(92)93)76-62(100)42(16-21-54(90)91)75-61(99)41(15-20-53(88)89)74-60(98)40(14-19-52(86)87)73-59(97)39(13-18-51(84)85)71-49(82)31-104-26-23-66/h9-12,34-35,39-47H,7-8,13-33,66H2,1-6H3,(H,67,94)(H,68,95)(H,69,96)(H,70,102)(H,71,82)(H,72,81)(H,73,97)(H,74,98)(H,75,99)(H,76,100)(H,77,101)(H,78,103)(H,84,85)(H,86,87)(H,88,89)(H,90,91)(H,92,93)/t35-,39+,40+,41+,42+,43+,44-,45-,46-,47-/m0/s1. The van der Waals surface area contributed by atoms with Crippen LogP contribution in [0, 0.1) is 5.92 Å². The third kappa shape index (κ3) is 35.8. The minimum absolute atomic E-state index is 0.00594. The molecular formula is C65H98N14O26S. The molecule has 0 spiro atoms. The van der Waals surface area contributed by atoms with E-state index in [1.807, 2.05) is 0 Å². The van der Waals surface area contributed by atoms with Crippen molar-refractivity contribution in [2.24, 2.45) is 11.7 Å². The van der Waals surface area contributed by atoms with E-state index in [1.54, 1.807) is 20.1 Å². The number of nitrogens with one attached hydrogen (secondary N) is 12. The zero-order chi connectivity index (χ0) is 79.8. The van der Waals surface area contributed by atoms with Crippen LogP contribution < -0.4 is 69.5 Å². The molecule has 0 saturated carbocycles. The van der Waals surface area contributed by atoms with Gasteiger partial charge in [0, 0.05) is 76.5 Å². The third-order valence-electron chi connectivity index (χ3n) is 15.7. The van der Waals surface area contributed by atoms with Crippen molar-refractivity contribution >= 4 is 124 Å². The lowest BCUT2D eigenvalue weighted by molar-refractivity contribution is -0.142. The molecule has 1 aliphatic heterocycles. The number of carbonyl (C=O) groups is 19. The van der Waals surface area contributed by atoms with Crippen LogP contribution in [0.3, 0.4) is 0 Å². The Hall–Kier alpha value is -10.4. The van der Waals surface area contributed by atoms with Crippen LogP contribution in [0.25, 0.3) is 0 Å². The molecule has 0 unspecified atom stereocenters. The minimum atomic E-state index is -2.00. The summed E-state index contributed by atoms with van der Waals surface area (Å²) in [6.07, 6.45) is -5.69. The number of nitrogens with zero attached hydrogens (tertiary/aromatic N) is 1. The van der Waals surface area contributed by atoms with Crippen LogP contribution in [0.4, 0.5) is 0 Å². The molecule has 41 heteroatoms. The van der Waals surface area contributed by atoms with E-state index in [4.69, 9.17) is 15.2 Å². The van der Waals surface area contributed by atoms with Gasteiger partial charge in [-0.05, 0) is 83.0 Å². The second kappa shape index (κ2) is 48.6. The normalized spacial score (nSPS) is 14.9. The second-order valence-electron chi connectivity index (χ2n) is 24.8. The number of rotatable bonds is 52. The van der Waals surface area contributed by atoms with Gasteiger partial charge in [0.05, 0.1) is 19.8 Å². The Balaban J connectivity index is 2.37. The molecule has 10 atom stereocenters. The summed E-state index contributed by atoms with van der Waals surface area (Å²) in [4.78, 5) is 248. The van der Waals surface area contributed by atoms with E-state index in [0.717, 1.165) is 0 Å².